The number of benzene rings is 2. The molecule has 156 valence electrons. The molecule has 3 amide bonds. The number of carbonyl (C=O) groups excluding carboxylic acids is 2. The normalized spacial score (nSPS) is 11.0. The van der Waals surface area contributed by atoms with Crippen LogP contribution in [0.4, 0.5) is 16.2 Å². The second-order valence-corrected chi connectivity index (χ2v) is 7.93. The van der Waals surface area contributed by atoms with Gasteiger partial charge in [-0.15, -0.1) is 0 Å². The van der Waals surface area contributed by atoms with Gasteiger partial charge in [0.25, 0.3) is 5.91 Å². The third-order valence-corrected chi connectivity index (χ3v) is 5.49. The van der Waals surface area contributed by atoms with Crippen LogP contribution < -0.4 is 20.7 Å². The molecule has 10 heteroatoms. The number of nitrogens with one attached hydrogen (secondary N) is 4. The van der Waals surface area contributed by atoms with Crippen LogP contribution in [0.5, 0.6) is 0 Å². The molecule has 2 aromatic carbocycles. The molecule has 0 spiro atoms. The van der Waals surface area contributed by atoms with Gasteiger partial charge in [-0.05, 0) is 60.7 Å². The molecule has 4 N–H and O–H groups in total. The first-order valence-corrected chi connectivity index (χ1v) is 10.4. The SMILES string of the molecule is CNC(=O)Nc1ccc(NC(=O)c2ccc(S(=O)(=O)NCc3ccco3)cc2)cc1. The fourth-order valence-corrected chi connectivity index (χ4v) is 3.48. The number of carbonyl (C=O) groups is 2. The topological polar surface area (TPSA) is 130 Å². The lowest BCUT2D eigenvalue weighted by Crippen LogP contribution is -2.24. The molecule has 0 aliphatic heterocycles. The van der Waals surface area contributed by atoms with Gasteiger partial charge in [0, 0.05) is 24.0 Å². The van der Waals surface area contributed by atoms with Gasteiger partial charge < -0.3 is 20.4 Å². The minimum atomic E-state index is -3.74. The van der Waals surface area contributed by atoms with E-state index in [-0.39, 0.29) is 17.5 Å². The zero-order chi connectivity index (χ0) is 21.6. The molecule has 0 aliphatic rings. The zero-order valence-corrected chi connectivity index (χ0v) is 16.8. The average Bonchev–Trinajstić information content (AvgIpc) is 3.27. The van der Waals surface area contributed by atoms with Crippen LogP contribution in [0.3, 0.4) is 0 Å². The van der Waals surface area contributed by atoms with Gasteiger partial charge >= 0.3 is 6.03 Å². The van der Waals surface area contributed by atoms with E-state index < -0.39 is 15.9 Å². The molecule has 1 heterocycles. The number of hydrogen-bond acceptors (Lipinski definition) is 5. The van der Waals surface area contributed by atoms with E-state index >= 15 is 0 Å². The molecule has 1 aromatic heterocycles. The van der Waals surface area contributed by atoms with Gasteiger partial charge in [0.05, 0.1) is 17.7 Å². The Hall–Kier alpha value is -3.63. The summed E-state index contributed by atoms with van der Waals surface area (Å²) in [5.41, 5.74) is 1.40. The number of amides is 3. The molecule has 3 rings (SSSR count). The third kappa shape index (κ3) is 5.46. The molecule has 0 radical (unpaired) electrons. The fraction of sp³-hybridized carbons (Fsp3) is 0.100. The summed E-state index contributed by atoms with van der Waals surface area (Å²) in [7, 11) is -2.23. The Morgan fingerprint density at radius 2 is 1.53 bits per heavy atom. The second kappa shape index (κ2) is 9.25. The molecule has 0 unspecified atom stereocenters. The van der Waals surface area contributed by atoms with E-state index in [0.717, 1.165) is 0 Å². The van der Waals surface area contributed by atoms with Gasteiger partial charge in [0.15, 0.2) is 0 Å². The van der Waals surface area contributed by atoms with Crippen LogP contribution in [0.2, 0.25) is 0 Å². The van der Waals surface area contributed by atoms with Crippen LogP contribution in [-0.2, 0) is 16.6 Å². The van der Waals surface area contributed by atoms with E-state index in [1.807, 2.05) is 0 Å². The minimum Gasteiger partial charge on any atom is -0.468 e. The van der Waals surface area contributed by atoms with Crippen molar-refractivity contribution in [3.63, 3.8) is 0 Å². The number of rotatable bonds is 7. The number of anilines is 2. The second-order valence-electron chi connectivity index (χ2n) is 6.16. The van der Waals surface area contributed by atoms with Crippen molar-refractivity contribution < 1.29 is 22.4 Å². The predicted molar refractivity (Wildman–Crippen MR) is 112 cm³/mol. The van der Waals surface area contributed by atoms with Crippen LogP contribution in [0.25, 0.3) is 0 Å². The first kappa shape index (κ1) is 21.1. The minimum absolute atomic E-state index is 0.0301. The Morgan fingerprint density at radius 1 is 0.900 bits per heavy atom. The summed E-state index contributed by atoms with van der Waals surface area (Å²) >= 11 is 0. The summed E-state index contributed by atoms with van der Waals surface area (Å²) in [6.45, 7) is 0.0301. The summed E-state index contributed by atoms with van der Waals surface area (Å²) in [4.78, 5) is 23.7. The van der Waals surface area contributed by atoms with Crippen LogP contribution >= 0.6 is 0 Å². The van der Waals surface area contributed by atoms with Crippen molar-refractivity contribution in [2.24, 2.45) is 0 Å². The van der Waals surface area contributed by atoms with Crippen LogP contribution in [0, 0.1) is 0 Å². The van der Waals surface area contributed by atoms with Crippen molar-refractivity contribution in [1.29, 1.82) is 0 Å². The first-order valence-electron chi connectivity index (χ1n) is 8.89. The van der Waals surface area contributed by atoms with Crippen molar-refractivity contribution in [3.8, 4) is 0 Å². The van der Waals surface area contributed by atoms with Crippen LogP contribution in [0.1, 0.15) is 16.1 Å². The Morgan fingerprint density at radius 3 is 2.10 bits per heavy atom. The highest BCUT2D eigenvalue weighted by molar-refractivity contribution is 7.89. The maximum atomic E-state index is 12.4. The molecule has 0 aliphatic carbocycles. The van der Waals surface area contributed by atoms with Gasteiger partial charge in [-0.1, -0.05) is 0 Å². The van der Waals surface area contributed by atoms with E-state index in [0.29, 0.717) is 22.7 Å². The van der Waals surface area contributed by atoms with E-state index in [4.69, 9.17) is 4.42 Å². The first-order chi connectivity index (χ1) is 14.4. The van der Waals surface area contributed by atoms with Gasteiger partial charge in [0.2, 0.25) is 10.0 Å². The molecule has 3 aromatic rings. The van der Waals surface area contributed by atoms with E-state index in [9.17, 15) is 18.0 Å². The quantitative estimate of drug-likeness (QED) is 0.460. The number of hydrogen-bond donors (Lipinski definition) is 4. The summed E-state index contributed by atoms with van der Waals surface area (Å²) < 4.78 is 32.2. The summed E-state index contributed by atoms with van der Waals surface area (Å²) in [5.74, 6) is 0.0978. The van der Waals surface area contributed by atoms with E-state index in [1.54, 1.807) is 36.4 Å². The lowest BCUT2D eigenvalue weighted by atomic mass is 10.2. The monoisotopic (exact) mass is 428 g/mol. The molecule has 0 fully saturated rings. The number of urea groups is 1. The van der Waals surface area contributed by atoms with Gasteiger partial charge in [-0.2, -0.15) is 0 Å². The Bertz CT molecular complexity index is 1110. The van der Waals surface area contributed by atoms with Gasteiger partial charge in [-0.25, -0.2) is 17.9 Å². The maximum absolute atomic E-state index is 12.4. The van der Waals surface area contributed by atoms with Crippen molar-refractivity contribution in [1.82, 2.24) is 10.0 Å². The predicted octanol–water partition coefficient (Wildman–Crippen LogP) is 2.76. The van der Waals surface area contributed by atoms with Crippen molar-refractivity contribution in [2.75, 3.05) is 17.7 Å². The Balaban J connectivity index is 1.61. The Kier molecular flexibility index (Phi) is 6.50. The van der Waals surface area contributed by atoms with Gasteiger partial charge in [0.1, 0.15) is 5.76 Å². The highest BCUT2D eigenvalue weighted by Gasteiger charge is 2.15. The lowest BCUT2D eigenvalue weighted by Gasteiger charge is -2.09. The van der Waals surface area contributed by atoms with Crippen LogP contribution in [-0.4, -0.2) is 27.4 Å². The molecular formula is C20H20N4O5S. The van der Waals surface area contributed by atoms with Gasteiger partial charge in [-0.3, -0.25) is 4.79 Å². The molecule has 0 saturated carbocycles. The smallest absolute Gasteiger partial charge is 0.318 e. The largest absolute Gasteiger partial charge is 0.468 e. The highest BCUT2D eigenvalue weighted by atomic mass is 32.2. The van der Waals surface area contributed by atoms with Crippen molar-refractivity contribution in [3.05, 3.63) is 78.3 Å². The summed E-state index contributed by atoms with van der Waals surface area (Å²) in [5, 5.41) is 7.76. The molecule has 0 saturated heterocycles. The highest BCUT2D eigenvalue weighted by Crippen LogP contribution is 2.16. The van der Waals surface area contributed by atoms with Crippen LogP contribution in [0.15, 0.2) is 76.2 Å². The Labute approximate surface area is 173 Å². The zero-order valence-electron chi connectivity index (χ0n) is 16.0. The summed E-state index contributed by atoms with van der Waals surface area (Å²) in [6.07, 6.45) is 1.46. The third-order valence-electron chi connectivity index (χ3n) is 4.07. The lowest BCUT2D eigenvalue weighted by molar-refractivity contribution is 0.102. The molecule has 0 atom stereocenters. The molecule has 9 nitrogen and oxygen atoms in total. The van der Waals surface area contributed by atoms with Crippen molar-refractivity contribution >= 4 is 33.3 Å². The molecule has 30 heavy (non-hydrogen) atoms. The molecule has 0 bridgehead atoms. The van der Waals surface area contributed by atoms with E-state index in [2.05, 4.69) is 20.7 Å². The number of sulfonamides is 1. The standard InChI is InChI=1S/C20H20N4O5S/c1-21-20(26)24-16-8-6-15(7-9-16)23-19(25)14-4-10-18(11-5-14)30(27,28)22-13-17-3-2-12-29-17/h2-12,22H,13H2,1H3,(H,23,25)(H2,21,24,26). The molecular weight excluding hydrogens is 408 g/mol. The summed E-state index contributed by atoms with van der Waals surface area (Å²) in [6, 6.07) is 15.1. The van der Waals surface area contributed by atoms with E-state index in [1.165, 1.54) is 37.6 Å². The fourth-order valence-electron chi connectivity index (χ4n) is 2.48. The average molecular weight is 428 g/mol. The maximum Gasteiger partial charge on any atom is 0.318 e. The van der Waals surface area contributed by atoms with Crippen molar-refractivity contribution in [2.45, 2.75) is 11.4 Å². The number of furan rings is 1.